The molecule has 2 aliphatic heterocycles. The lowest BCUT2D eigenvalue weighted by atomic mass is 9.84. The van der Waals surface area contributed by atoms with Crippen LogP contribution >= 0.6 is 0 Å². The van der Waals surface area contributed by atoms with Crippen LogP contribution in [0.15, 0.2) is 24.3 Å². The number of ether oxygens (including phenoxy) is 4. The number of ketones is 1. The topological polar surface area (TPSA) is 91.3 Å². The molecule has 0 saturated heterocycles. The Hall–Kier alpha value is -3.22. The number of phenols is 1. The van der Waals surface area contributed by atoms with Crippen molar-refractivity contribution in [2.75, 3.05) is 13.9 Å². The van der Waals surface area contributed by atoms with Crippen LogP contribution < -0.4 is 18.9 Å². The molecule has 7 nitrogen and oxygen atoms in total. The van der Waals surface area contributed by atoms with E-state index < -0.39 is 11.9 Å². The average molecular weight is 356 g/mol. The summed E-state index contributed by atoms with van der Waals surface area (Å²) in [6.07, 6.45) is 0.0186. The summed E-state index contributed by atoms with van der Waals surface area (Å²) in [5.41, 5.74) is 1.28. The molecular weight excluding hydrogens is 340 g/mol. The normalized spacial score (nSPS) is 17.5. The van der Waals surface area contributed by atoms with Crippen molar-refractivity contribution in [2.45, 2.75) is 19.3 Å². The van der Waals surface area contributed by atoms with Crippen LogP contribution in [-0.2, 0) is 4.79 Å². The van der Waals surface area contributed by atoms with E-state index in [2.05, 4.69) is 0 Å². The number of esters is 1. The maximum Gasteiger partial charge on any atom is 0.312 e. The van der Waals surface area contributed by atoms with Gasteiger partial charge in [-0.15, -0.1) is 0 Å². The second-order valence-corrected chi connectivity index (χ2v) is 6.12. The number of Topliss-reactive ketones (excluding diaryl/α,β-unsaturated/α-hetero) is 1. The van der Waals surface area contributed by atoms with E-state index in [4.69, 9.17) is 18.9 Å². The van der Waals surface area contributed by atoms with Crippen LogP contribution in [0.3, 0.4) is 0 Å². The standard InChI is InChI=1S/C19H16O7/c1-9(20)11-3-4-13-17(18(11)22)12(7-16(21)26-13)10-5-14(23-2)19-15(6-10)24-8-25-19/h3-6,12,22H,7-8H2,1-2H3/t12-/m1/s1. The number of fused-ring (bicyclic) bond motifs is 2. The number of hydrogen-bond donors (Lipinski definition) is 1. The van der Waals surface area contributed by atoms with E-state index >= 15 is 0 Å². The van der Waals surface area contributed by atoms with E-state index in [0.29, 0.717) is 28.4 Å². The monoisotopic (exact) mass is 356 g/mol. The highest BCUT2D eigenvalue weighted by atomic mass is 16.7. The Morgan fingerprint density at radius 2 is 2.04 bits per heavy atom. The SMILES string of the molecule is COc1cc([C@H]2CC(=O)Oc3ccc(C(C)=O)c(O)c32)cc2c1OCO2. The lowest BCUT2D eigenvalue weighted by Crippen LogP contribution is -2.21. The lowest BCUT2D eigenvalue weighted by Gasteiger charge is -2.26. The summed E-state index contributed by atoms with van der Waals surface area (Å²) in [5.74, 6) is 0.332. The van der Waals surface area contributed by atoms with Gasteiger partial charge >= 0.3 is 5.97 Å². The van der Waals surface area contributed by atoms with Gasteiger partial charge in [-0.05, 0) is 36.8 Å². The fourth-order valence-electron chi connectivity index (χ4n) is 3.37. The Morgan fingerprint density at radius 1 is 1.23 bits per heavy atom. The van der Waals surface area contributed by atoms with Gasteiger partial charge in [0.1, 0.15) is 11.5 Å². The highest BCUT2D eigenvalue weighted by Crippen LogP contribution is 2.49. The van der Waals surface area contributed by atoms with E-state index in [1.807, 2.05) is 0 Å². The van der Waals surface area contributed by atoms with E-state index in [0.717, 1.165) is 0 Å². The van der Waals surface area contributed by atoms with Gasteiger partial charge in [0, 0.05) is 11.5 Å². The molecular formula is C19H16O7. The van der Waals surface area contributed by atoms with Crippen LogP contribution in [0.1, 0.15) is 40.7 Å². The Kier molecular flexibility index (Phi) is 3.72. The zero-order chi connectivity index (χ0) is 18.4. The molecule has 26 heavy (non-hydrogen) atoms. The summed E-state index contributed by atoms with van der Waals surface area (Å²) in [7, 11) is 1.51. The van der Waals surface area contributed by atoms with Gasteiger partial charge in [0.15, 0.2) is 17.3 Å². The van der Waals surface area contributed by atoms with Crippen LogP contribution in [0.4, 0.5) is 0 Å². The molecule has 0 saturated carbocycles. The quantitative estimate of drug-likeness (QED) is 0.514. The molecule has 1 atom stereocenters. The molecule has 0 fully saturated rings. The predicted octanol–water partition coefficient (Wildman–Crippen LogP) is 2.77. The summed E-state index contributed by atoms with van der Waals surface area (Å²) in [6, 6.07) is 6.46. The minimum absolute atomic E-state index is 0.0186. The molecule has 0 amide bonds. The number of phenolic OH excluding ortho intramolecular Hbond substituents is 1. The molecule has 2 aliphatic rings. The molecule has 0 spiro atoms. The third kappa shape index (κ3) is 2.44. The predicted molar refractivity (Wildman–Crippen MR) is 89.3 cm³/mol. The van der Waals surface area contributed by atoms with Crippen LogP contribution in [0.5, 0.6) is 28.7 Å². The Morgan fingerprint density at radius 3 is 2.77 bits per heavy atom. The van der Waals surface area contributed by atoms with Crippen molar-refractivity contribution in [1.82, 2.24) is 0 Å². The molecule has 1 N–H and O–H groups in total. The first-order chi connectivity index (χ1) is 12.5. The second kappa shape index (κ2) is 5.94. The second-order valence-electron chi connectivity index (χ2n) is 6.12. The number of methoxy groups -OCH3 is 1. The maximum atomic E-state index is 12.1. The van der Waals surface area contributed by atoms with Crippen molar-refractivity contribution in [2.24, 2.45) is 0 Å². The smallest absolute Gasteiger partial charge is 0.312 e. The fourth-order valence-corrected chi connectivity index (χ4v) is 3.37. The first kappa shape index (κ1) is 16.3. The third-order valence-electron chi connectivity index (χ3n) is 4.58. The molecule has 0 aliphatic carbocycles. The van der Waals surface area contributed by atoms with E-state index in [9.17, 15) is 14.7 Å². The van der Waals surface area contributed by atoms with Gasteiger partial charge in [0.25, 0.3) is 0 Å². The van der Waals surface area contributed by atoms with Crippen molar-refractivity contribution in [3.63, 3.8) is 0 Å². The minimum atomic E-state index is -0.506. The first-order valence-corrected chi connectivity index (χ1v) is 8.04. The molecule has 7 heteroatoms. The summed E-state index contributed by atoms with van der Waals surface area (Å²) < 4.78 is 21.4. The van der Waals surface area contributed by atoms with Crippen molar-refractivity contribution in [1.29, 1.82) is 0 Å². The molecule has 0 unspecified atom stereocenters. The van der Waals surface area contributed by atoms with E-state index in [1.165, 1.54) is 26.2 Å². The van der Waals surface area contributed by atoms with Gasteiger partial charge in [0.05, 0.1) is 19.1 Å². The van der Waals surface area contributed by atoms with E-state index in [-0.39, 0.29) is 36.1 Å². The lowest BCUT2D eigenvalue weighted by molar-refractivity contribution is -0.135. The van der Waals surface area contributed by atoms with Crippen LogP contribution in [0.25, 0.3) is 0 Å². The number of carbonyl (C=O) groups is 2. The van der Waals surface area contributed by atoms with Gasteiger partial charge in [-0.2, -0.15) is 0 Å². The average Bonchev–Trinajstić information content (AvgIpc) is 3.08. The van der Waals surface area contributed by atoms with Gasteiger partial charge in [-0.25, -0.2) is 0 Å². The van der Waals surface area contributed by atoms with Crippen LogP contribution in [0.2, 0.25) is 0 Å². The van der Waals surface area contributed by atoms with Crippen molar-refractivity contribution in [3.05, 3.63) is 41.0 Å². The van der Waals surface area contributed by atoms with E-state index in [1.54, 1.807) is 12.1 Å². The molecule has 2 aromatic rings. The van der Waals surface area contributed by atoms with Gasteiger partial charge < -0.3 is 24.1 Å². The summed E-state index contributed by atoms with van der Waals surface area (Å²) in [6.45, 7) is 1.45. The van der Waals surface area contributed by atoms with Gasteiger partial charge in [-0.1, -0.05) is 0 Å². The Labute approximate surface area is 149 Å². The number of rotatable bonds is 3. The fraction of sp³-hybridized carbons (Fsp3) is 0.263. The summed E-state index contributed by atoms with van der Waals surface area (Å²) in [5, 5.41) is 10.6. The Balaban J connectivity index is 1.90. The minimum Gasteiger partial charge on any atom is -0.507 e. The zero-order valence-electron chi connectivity index (χ0n) is 14.2. The first-order valence-electron chi connectivity index (χ1n) is 8.04. The molecule has 0 aromatic heterocycles. The zero-order valence-corrected chi connectivity index (χ0v) is 14.2. The third-order valence-corrected chi connectivity index (χ3v) is 4.58. The van der Waals surface area contributed by atoms with Crippen LogP contribution in [-0.4, -0.2) is 30.8 Å². The largest absolute Gasteiger partial charge is 0.507 e. The number of carbonyl (C=O) groups excluding carboxylic acids is 2. The highest BCUT2D eigenvalue weighted by molar-refractivity contribution is 5.98. The number of hydrogen-bond acceptors (Lipinski definition) is 7. The molecule has 2 aromatic carbocycles. The number of benzene rings is 2. The van der Waals surface area contributed by atoms with Gasteiger partial charge in [0.2, 0.25) is 12.5 Å². The highest BCUT2D eigenvalue weighted by Gasteiger charge is 2.34. The van der Waals surface area contributed by atoms with Crippen molar-refractivity contribution < 1.29 is 33.6 Å². The molecule has 134 valence electrons. The van der Waals surface area contributed by atoms with Crippen molar-refractivity contribution >= 4 is 11.8 Å². The molecule has 0 bridgehead atoms. The van der Waals surface area contributed by atoms with Crippen molar-refractivity contribution in [3.8, 4) is 28.7 Å². The summed E-state index contributed by atoms with van der Waals surface area (Å²) in [4.78, 5) is 23.9. The maximum absolute atomic E-state index is 12.1. The van der Waals surface area contributed by atoms with Crippen LogP contribution in [0, 0.1) is 0 Å². The molecule has 4 rings (SSSR count). The molecule has 0 radical (unpaired) electrons. The molecule has 2 heterocycles. The Bertz CT molecular complexity index is 932. The summed E-state index contributed by atoms with van der Waals surface area (Å²) >= 11 is 0. The van der Waals surface area contributed by atoms with Gasteiger partial charge in [-0.3, -0.25) is 9.59 Å². The number of aromatic hydroxyl groups is 1.